The number of benzene rings is 2. The molecule has 0 spiro atoms. The molecule has 1 amide bonds. The molecule has 3 rings (SSSR count). The number of rotatable bonds is 5. The quantitative estimate of drug-likeness (QED) is 0.845. The van der Waals surface area contributed by atoms with Crippen LogP contribution >= 0.6 is 0 Å². The lowest BCUT2D eigenvalue weighted by Crippen LogP contribution is -2.38. The van der Waals surface area contributed by atoms with E-state index in [0.717, 1.165) is 36.1 Å². The molecule has 0 unspecified atom stereocenters. The highest BCUT2D eigenvalue weighted by Gasteiger charge is 2.25. The third-order valence-corrected chi connectivity index (χ3v) is 6.25. The zero-order valence-electron chi connectivity index (χ0n) is 16.0. The van der Waals surface area contributed by atoms with Crippen molar-refractivity contribution in [2.24, 2.45) is 5.92 Å². The summed E-state index contributed by atoms with van der Waals surface area (Å²) >= 11 is 0. The first-order valence-electron chi connectivity index (χ1n) is 9.38. The van der Waals surface area contributed by atoms with Gasteiger partial charge in [0.15, 0.2) is 0 Å². The largest absolute Gasteiger partial charge is 0.312 e. The average Bonchev–Trinajstić information content (AvgIpc) is 2.66. The van der Waals surface area contributed by atoms with Crippen molar-refractivity contribution in [3.05, 3.63) is 53.6 Å². The first-order chi connectivity index (χ1) is 12.8. The van der Waals surface area contributed by atoms with Crippen LogP contribution in [-0.4, -0.2) is 20.9 Å². The number of hydrogen-bond acceptors (Lipinski definition) is 3. The highest BCUT2D eigenvalue weighted by molar-refractivity contribution is 7.92. The average molecular weight is 387 g/mol. The second kappa shape index (κ2) is 7.72. The molecule has 144 valence electrons. The normalized spacial score (nSPS) is 14.1. The standard InChI is InChI=1S/C21H26N2O3S/c1-4-16-7-10-19(11-8-16)27(25,26)22-18-9-12-20-17(14-18)6-5-13-23(20)21(24)15(2)3/h7-12,14-15,22H,4-6,13H2,1-3H3. The van der Waals surface area contributed by atoms with Crippen LogP contribution in [0.5, 0.6) is 0 Å². The number of sulfonamides is 1. The summed E-state index contributed by atoms with van der Waals surface area (Å²) in [6.45, 7) is 6.52. The van der Waals surface area contributed by atoms with Crippen LogP contribution in [0.25, 0.3) is 0 Å². The maximum Gasteiger partial charge on any atom is 0.261 e. The highest BCUT2D eigenvalue weighted by Crippen LogP contribution is 2.31. The number of nitrogens with zero attached hydrogens (tertiary/aromatic N) is 1. The summed E-state index contributed by atoms with van der Waals surface area (Å²) < 4.78 is 28.0. The summed E-state index contributed by atoms with van der Waals surface area (Å²) in [5.74, 6) is 0.0283. The minimum absolute atomic E-state index is 0.0692. The van der Waals surface area contributed by atoms with E-state index in [0.29, 0.717) is 12.2 Å². The number of nitrogens with one attached hydrogen (secondary N) is 1. The molecular weight excluding hydrogens is 360 g/mol. The maximum absolute atomic E-state index is 12.7. The summed E-state index contributed by atoms with van der Waals surface area (Å²) in [4.78, 5) is 14.5. The Hall–Kier alpha value is -2.34. The van der Waals surface area contributed by atoms with Crippen LogP contribution in [0, 0.1) is 5.92 Å². The summed E-state index contributed by atoms with van der Waals surface area (Å²) in [6, 6.07) is 12.3. The summed E-state index contributed by atoms with van der Waals surface area (Å²) in [6.07, 6.45) is 2.57. The Morgan fingerprint density at radius 1 is 1.15 bits per heavy atom. The Kier molecular flexibility index (Phi) is 5.56. The monoisotopic (exact) mass is 386 g/mol. The van der Waals surface area contributed by atoms with Gasteiger partial charge in [-0.2, -0.15) is 0 Å². The molecule has 1 aliphatic heterocycles. The van der Waals surface area contributed by atoms with Gasteiger partial charge in [0.05, 0.1) is 4.90 Å². The van der Waals surface area contributed by atoms with Gasteiger partial charge in [-0.05, 0) is 60.7 Å². The maximum atomic E-state index is 12.7. The van der Waals surface area contributed by atoms with Crippen molar-refractivity contribution in [3.8, 4) is 0 Å². The van der Waals surface area contributed by atoms with Crippen LogP contribution < -0.4 is 9.62 Å². The van der Waals surface area contributed by atoms with Gasteiger partial charge >= 0.3 is 0 Å². The molecule has 6 heteroatoms. The van der Waals surface area contributed by atoms with Crippen LogP contribution in [-0.2, 0) is 27.7 Å². The number of anilines is 2. The van der Waals surface area contributed by atoms with E-state index < -0.39 is 10.0 Å². The van der Waals surface area contributed by atoms with Gasteiger partial charge < -0.3 is 4.90 Å². The molecule has 0 aliphatic carbocycles. The number of carbonyl (C=O) groups excluding carboxylic acids is 1. The van der Waals surface area contributed by atoms with Gasteiger partial charge in [-0.25, -0.2) is 8.42 Å². The first-order valence-corrected chi connectivity index (χ1v) is 10.9. The smallest absolute Gasteiger partial charge is 0.261 e. The Morgan fingerprint density at radius 2 is 1.85 bits per heavy atom. The molecule has 1 N–H and O–H groups in total. The topological polar surface area (TPSA) is 66.5 Å². The fourth-order valence-electron chi connectivity index (χ4n) is 3.32. The lowest BCUT2D eigenvalue weighted by Gasteiger charge is -2.31. The first kappa shape index (κ1) is 19.4. The molecule has 0 radical (unpaired) electrons. The number of hydrogen-bond donors (Lipinski definition) is 1. The van der Waals surface area contributed by atoms with E-state index >= 15 is 0 Å². The fraction of sp³-hybridized carbons (Fsp3) is 0.381. The molecule has 5 nitrogen and oxygen atoms in total. The van der Waals surface area contributed by atoms with Gasteiger partial charge in [0.2, 0.25) is 5.91 Å². The molecule has 0 bridgehead atoms. The van der Waals surface area contributed by atoms with Gasteiger partial charge in [0, 0.05) is 23.8 Å². The van der Waals surface area contributed by atoms with Crippen molar-refractivity contribution in [1.29, 1.82) is 0 Å². The second-order valence-corrected chi connectivity index (χ2v) is 8.88. The Morgan fingerprint density at radius 3 is 2.48 bits per heavy atom. The summed E-state index contributed by atoms with van der Waals surface area (Å²) in [5.41, 5.74) is 3.50. The summed E-state index contributed by atoms with van der Waals surface area (Å²) in [5, 5.41) is 0. The van der Waals surface area contributed by atoms with Crippen LogP contribution in [0.3, 0.4) is 0 Å². The van der Waals surface area contributed by atoms with E-state index in [1.807, 2.05) is 49.9 Å². The molecule has 0 aromatic heterocycles. The SMILES string of the molecule is CCc1ccc(S(=O)(=O)Nc2ccc3c(c2)CCCN3C(=O)C(C)C)cc1. The van der Waals surface area contributed by atoms with E-state index in [1.165, 1.54) is 0 Å². The molecular formula is C21H26N2O3S. The number of amides is 1. The fourth-order valence-corrected chi connectivity index (χ4v) is 4.37. The van der Waals surface area contributed by atoms with Crippen molar-refractivity contribution in [2.45, 2.75) is 44.9 Å². The predicted molar refractivity (Wildman–Crippen MR) is 109 cm³/mol. The van der Waals surface area contributed by atoms with Gasteiger partial charge in [-0.15, -0.1) is 0 Å². The minimum atomic E-state index is -3.64. The van der Waals surface area contributed by atoms with Crippen molar-refractivity contribution >= 4 is 27.3 Å². The zero-order chi connectivity index (χ0) is 19.6. The van der Waals surface area contributed by atoms with Gasteiger partial charge in [-0.1, -0.05) is 32.9 Å². The van der Waals surface area contributed by atoms with Gasteiger partial charge in [-0.3, -0.25) is 9.52 Å². The Labute approximate surface area is 161 Å². The second-order valence-electron chi connectivity index (χ2n) is 7.19. The van der Waals surface area contributed by atoms with E-state index in [1.54, 1.807) is 18.2 Å². The van der Waals surface area contributed by atoms with Crippen LogP contribution in [0.1, 0.15) is 38.3 Å². The third kappa shape index (κ3) is 4.16. The molecule has 0 saturated heterocycles. The Bertz CT molecular complexity index is 934. The van der Waals surface area contributed by atoms with E-state index in [2.05, 4.69) is 4.72 Å². The number of fused-ring (bicyclic) bond motifs is 1. The molecule has 1 heterocycles. The minimum Gasteiger partial charge on any atom is -0.312 e. The highest BCUT2D eigenvalue weighted by atomic mass is 32.2. The molecule has 27 heavy (non-hydrogen) atoms. The van der Waals surface area contributed by atoms with Crippen molar-refractivity contribution < 1.29 is 13.2 Å². The molecule has 2 aromatic carbocycles. The van der Waals surface area contributed by atoms with Crippen LogP contribution in [0.4, 0.5) is 11.4 Å². The van der Waals surface area contributed by atoms with Gasteiger partial charge in [0.25, 0.3) is 10.0 Å². The molecule has 1 aliphatic rings. The van der Waals surface area contributed by atoms with Crippen molar-refractivity contribution in [1.82, 2.24) is 0 Å². The lowest BCUT2D eigenvalue weighted by atomic mass is 9.99. The summed E-state index contributed by atoms with van der Waals surface area (Å²) in [7, 11) is -3.64. The molecule has 0 fully saturated rings. The van der Waals surface area contributed by atoms with E-state index in [-0.39, 0.29) is 16.7 Å². The molecule has 0 saturated carbocycles. The number of carbonyl (C=O) groups is 1. The molecule has 0 atom stereocenters. The molecule has 2 aromatic rings. The van der Waals surface area contributed by atoms with Gasteiger partial charge in [0.1, 0.15) is 0 Å². The lowest BCUT2D eigenvalue weighted by molar-refractivity contribution is -0.121. The van der Waals surface area contributed by atoms with Crippen molar-refractivity contribution in [3.63, 3.8) is 0 Å². The zero-order valence-corrected chi connectivity index (χ0v) is 16.8. The predicted octanol–water partition coefficient (Wildman–Crippen LogP) is 3.99. The third-order valence-electron chi connectivity index (χ3n) is 4.85. The number of aryl methyl sites for hydroxylation is 2. The van der Waals surface area contributed by atoms with E-state index in [4.69, 9.17) is 0 Å². The van der Waals surface area contributed by atoms with Crippen LogP contribution in [0.2, 0.25) is 0 Å². The van der Waals surface area contributed by atoms with E-state index in [9.17, 15) is 13.2 Å². The van der Waals surface area contributed by atoms with Crippen molar-refractivity contribution in [2.75, 3.05) is 16.2 Å². The Balaban J connectivity index is 1.85. The van der Waals surface area contributed by atoms with Crippen LogP contribution in [0.15, 0.2) is 47.4 Å².